The Kier molecular flexibility index (Phi) is 4.12. The van der Waals surface area contributed by atoms with Crippen molar-refractivity contribution in [3.8, 4) is 0 Å². The van der Waals surface area contributed by atoms with Crippen LogP contribution >= 0.6 is 15.9 Å². The third-order valence-electron chi connectivity index (χ3n) is 3.92. The van der Waals surface area contributed by atoms with Gasteiger partial charge in [-0.2, -0.15) is 0 Å². The van der Waals surface area contributed by atoms with Gasteiger partial charge in [-0.15, -0.1) is 0 Å². The number of aryl methyl sites for hydroxylation is 2. The molecule has 4 heteroatoms. The van der Waals surface area contributed by atoms with Gasteiger partial charge in [-0.3, -0.25) is 9.59 Å². The van der Waals surface area contributed by atoms with Crippen LogP contribution in [-0.2, 0) is 11.2 Å². The molecule has 0 saturated carbocycles. The monoisotopic (exact) mass is 357 g/mol. The SMILES string of the molecule is Cc1ccc(C(=O)CN2C(=O)CCc3cc(Br)ccc32)cc1. The summed E-state index contributed by atoms with van der Waals surface area (Å²) >= 11 is 3.45. The molecule has 1 amide bonds. The number of hydrogen-bond acceptors (Lipinski definition) is 2. The molecule has 0 saturated heterocycles. The molecule has 3 nitrogen and oxygen atoms in total. The maximum Gasteiger partial charge on any atom is 0.227 e. The molecule has 1 heterocycles. The van der Waals surface area contributed by atoms with Gasteiger partial charge >= 0.3 is 0 Å². The molecule has 2 aromatic rings. The van der Waals surface area contributed by atoms with Crippen molar-refractivity contribution in [2.45, 2.75) is 19.8 Å². The lowest BCUT2D eigenvalue weighted by atomic mass is 10.00. The second-order valence-electron chi connectivity index (χ2n) is 5.54. The first kappa shape index (κ1) is 15.0. The van der Waals surface area contributed by atoms with Gasteiger partial charge in [-0.05, 0) is 37.1 Å². The summed E-state index contributed by atoms with van der Waals surface area (Å²) in [6.45, 7) is 2.08. The first-order chi connectivity index (χ1) is 10.5. The van der Waals surface area contributed by atoms with Gasteiger partial charge in [0.25, 0.3) is 0 Å². The van der Waals surface area contributed by atoms with Crippen molar-refractivity contribution in [2.75, 3.05) is 11.4 Å². The smallest absolute Gasteiger partial charge is 0.227 e. The largest absolute Gasteiger partial charge is 0.304 e. The molecule has 112 valence electrons. The van der Waals surface area contributed by atoms with Crippen LogP contribution in [0.4, 0.5) is 5.69 Å². The van der Waals surface area contributed by atoms with E-state index in [1.54, 1.807) is 4.90 Å². The fourth-order valence-electron chi connectivity index (χ4n) is 2.68. The molecule has 1 aliphatic rings. The molecule has 0 N–H and O–H groups in total. The average molecular weight is 358 g/mol. The minimum Gasteiger partial charge on any atom is -0.304 e. The van der Waals surface area contributed by atoms with Crippen LogP contribution in [-0.4, -0.2) is 18.2 Å². The lowest BCUT2D eigenvalue weighted by Gasteiger charge is -2.29. The third kappa shape index (κ3) is 2.97. The summed E-state index contributed by atoms with van der Waals surface area (Å²) in [5.41, 5.74) is 3.70. The van der Waals surface area contributed by atoms with Gasteiger partial charge in [-0.25, -0.2) is 0 Å². The van der Waals surface area contributed by atoms with Crippen molar-refractivity contribution in [2.24, 2.45) is 0 Å². The number of carbonyl (C=O) groups is 2. The van der Waals surface area contributed by atoms with Crippen LogP contribution in [0.2, 0.25) is 0 Å². The Morgan fingerprint density at radius 3 is 2.59 bits per heavy atom. The maximum atomic E-state index is 12.4. The summed E-state index contributed by atoms with van der Waals surface area (Å²) in [5.74, 6) is -0.0283. The number of halogens is 1. The van der Waals surface area contributed by atoms with Crippen molar-refractivity contribution in [3.63, 3.8) is 0 Å². The number of nitrogens with zero attached hydrogens (tertiary/aromatic N) is 1. The van der Waals surface area contributed by atoms with E-state index in [0.717, 1.165) is 27.7 Å². The number of fused-ring (bicyclic) bond motifs is 1. The van der Waals surface area contributed by atoms with Gasteiger partial charge in [0, 0.05) is 22.1 Å². The summed E-state index contributed by atoms with van der Waals surface area (Å²) in [6, 6.07) is 13.3. The van der Waals surface area contributed by atoms with Crippen molar-refractivity contribution in [3.05, 3.63) is 63.6 Å². The number of ketones is 1. The molecule has 0 unspecified atom stereocenters. The van der Waals surface area contributed by atoms with E-state index >= 15 is 0 Å². The van der Waals surface area contributed by atoms with Crippen LogP contribution in [0.3, 0.4) is 0 Å². The number of hydrogen-bond donors (Lipinski definition) is 0. The molecule has 0 atom stereocenters. The topological polar surface area (TPSA) is 37.4 Å². The molecule has 2 aromatic carbocycles. The van der Waals surface area contributed by atoms with E-state index in [1.165, 1.54) is 0 Å². The van der Waals surface area contributed by atoms with Gasteiger partial charge < -0.3 is 4.90 Å². The highest BCUT2D eigenvalue weighted by atomic mass is 79.9. The van der Waals surface area contributed by atoms with E-state index in [4.69, 9.17) is 0 Å². The summed E-state index contributed by atoms with van der Waals surface area (Å²) in [7, 11) is 0. The number of rotatable bonds is 3. The van der Waals surface area contributed by atoms with Gasteiger partial charge in [0.05, 0.1) is 6.54 Å². The van der Waals surface area contributed by atoms with Crippen molar-refractivity contribution in [1.82, 2.24) is 0 Å². The Bertz CT molecular complexity index is 737. The van der Waals surface area contributed by atoms with Crippen LogP contribution in [0, 0.1) is 6.92 Å². The summed E-state index contributed by atoms with van der Waals surface area (Å²) in [5, 5.41) is 0. The van der Waals surface area contributed by atoms with Crippen LogP contribution < -0.4 is 4.90 Å². The maximum absolute atomic E-state index is 12.4. The second kappa shape index (κ2) is 6.05. The fraction of sp³-hybridized carbons (Fsp3) is 0.222. The van der Waals surface area contributed by atoms with Crippen LogP contribution in [0.15, 0.2) is 46.9 Å². The molecule has 0 spiro atoms. The van der Waals surface area contributed by atoms with Crippen LogP contribution in [0.1, 0.15) is 27.9 Å². The zero-order valence-corrected chi connectivity index (χ0v) is 13.9. The molecule has 0 fully saturated rings. The van der Waals surface area contributed by atoms with Crippen molar-refractivity contribution < 1.29 is 9.59 Å². The number of Topliss-reactive ketones (excluding diaryl/α,β-unsaturated/α-hetero) is 1. The van der Waals surface area contributed by atoms with E-state index in [1.807, 2.05) is 49.4 Å². The highest BCUT2D eigenvalue weighted by molar-refractivity contribution is 9.10. The van der Waals surface area contributed by atoms with Crippen LogP contribution in [0.5, 0.6) is 0 Å². The number of anilines is 1. The summed E-state index contributed by atoms with van der Waals surface area (Å²) < 4.78 is 0.991. The lowest BCUT2D eigenvalue weighted by molar-refractivity contribution is -0.118. The minimum atomic E-state index is -0.0379. The van der Waals surface area contributed by atoms with Gasteiger partial charge in [-0.1, -0.05) is 45.8 Å². The number of benzene rings is 2. The third-order valence-corrected chi connectivity index (χ3v) is 4.41. The van der Waals surface area contributed by atoms with Crippen molar-refractivity contribution in [1.29, 1.82) is 0 Å². The lowest BCUT2D eigenvalue weighted by Crippen LogP contribution is -2.39. The zero-order chi connectivity index (χ0) is 15.7. The van der Waals surface area contributed by atoms with Gasteiger partial charge in [0.2, 0.25) is 5.91 Å². The fourth-order valence-corrected chi connectivity index (χ4v) is 3.08. The standard InChI is InChI=1S/C18H16BrNO2/c1-12-2-4-13(5-3-12)17(21)11-20-16-8-7-15(19)10-14(16)6-9-18(20)22/h2-5,7-8,10H,6,9,11H2,1H3. The zero-order valence-electron chi connectivity index (χ0n) is 12.3. The molecule has 0 radical (unpaired) electrons. The molecule has 0 aliphatic carbocycles. The Balaban J connectivity index is 1.87. The quantitative estimate of drug-likeness (QED) is 0.780. The summed E-state index contributed by atoms with van der Waals surface area (Å²) in [4.78, 5) is 26.3. The number of amides is 1. The van der Waals surface area contributed by atoms with Crippen LogP contribution in [0.25, 0.3) is 0 Å². The molecular formula is C18H16BrNO2. The Morgan fingerprint density at radius 1 is 1.14 bits per heavy atom. The Hall–Kier alpha value is -1.94. The average Bonchev–Trinajstić information content (AvgIpc) is 2.50. The molecule has 0 bridgehead atoms. The predicted octanol–water partition coefficient (Wildman–Crippen LogP) is 3.92. The highest BCUT2D eigenvalue weighted by Gasteiger charge is 2.26. The second-order valence-corrected chi connectivity index (χ2v) is 6.46. The highest BCUT2D eigenvalue weighted by Crippen LogP contribution is 2.30. The molecule has 3 rings (SSSR count). The van der Waals surface area contributed by atoms with Gasteiger partial charge in [0.1, 0.15) is 0 Å². The predicted molar refractivity (Wildman–Crippen MR) is 90.3 cm³/mol. The van der Waals surface area contributed by atoms with E-state index < -0.39 is 0 Å². The summed E-state index contributed by atoms with van der Waals surface area (Å²) in [6.07, 6.45) is 1.17. The molecule has 22 heavy (non-hydrogen) atoms. The Morgan fingerprint density at radius 2 is 1.86 bits per heavy atom. The van der Waals surface area contributed by atoms with E-state index in [2.05, 4.69) is 15.9 Å². The van der Waals surface area contributed by atoms with E-state index in [-0.39, 0.29) is 18.2 Å². The minimum absolute atomic E-state index is 0.00952. The normalized spacial score (nSPS) is 13.9. The van der Waals surface area contributed by atoms with E-state index in [9.17, 15) is 9.59 Å². The van der Waals surface area contributed by atoms with Crippen molar-refractivity contribution >= 4 is 33.3 Å². The van der Waals surface area contributed by atoms with Gasteiger partial charge in [0.15, 0.2) is 5.78 Å². The Labute approximate surface area is 138 Å². The molecule has 1 aliphatic heterocycles. The molecular weight excluding hydrogens is 342 g/mol. The molecule has 0 aromatic heterocycles. The first-order valence-electron chi connectivity index (χ1n) is 7.23. The number of carbonyl (C=O) groups excluding carboxylic acids is 2. The first-order valence-corrected chi connectivity index (χ1v) is 8.02. The van der Waals surface area contributed by atoms with E-state index in [0.29, 0.717) is 12.0 Å².